The number of aryl methyl sites for hydroxylation is 3. The third-order valence-corrected chi connectivity index (χ3v) is 11.9. The first kappa shape index (κ1) is 33.4. The zero-order valence-corrected chi connectivity index (χ0v) is 30.5. The van der Waals surface area contributed by atoms with Crippen LogP contribution >= 0.6 is 11.6 Å². The van der Waals surface area contributed by atoms with Gasteiger partial charge in [0, 0.05) is 84.9 Å². The lowest BCUT2D eigenvalue weighted by molar-refractivity contribution is -0.136. The van der Waals surface area contributed by atoms with E-state index in [1.54, 1.807) is 9.47 Å². The Hall–Kier alpha value is -5.42. The number of pyridine rings is 1. The SMILES string of the molecule is Cc1cc2c(N3CCCc4cc(-c5cnn(C6CCN(c7ccc8c(c7)CN(C7CCC(=O)NC7=O)C8=O)CC6)c5)c(Cl)cc43)cccc2n(C)c1=O. The standard InChI is InChI=1S/C41H40ClN7O4/c1-24-17-32-34(45(2)40(24)52)6-3-7-35(32)47-14-4-5-25-19-31(33(42)20-37(25)47)27-21-43-49(23-27)28-12-15-46(16-13-28)29-8-9-30-26(18-29)22-48(41(30)53)36-10-11-38(50)44-39(36)51/h3,6-9,17-21,23,28,36H,4-5,10-16,22H2,1-2H3,(H,44,50,51). The van der Waals surface area contributed by atoms with Crippen LogP contribution in [-0.4, -0.2) is 62.6 Å². The molecule has 0 spiro atoms. The maximum Gasteiger partial charge on any atom is 0.255 e. The van der Waals surface area contributed by atoms with Gasteiger partial charge in [0.25, 0.3) is 11.5 Å². The number of aromatic nitrogens is 3. The van der Waals surface area contributed by atoms with Crippen LogP contribution in [0.4, 0.5) is 17.1 Å². The second kappa shape index (κ2) is 12.9. The summed E-state index contributed by atoms with van der Waals surface area (Å²) in [5, 5.41) is 8.92. The van der Waals surface area contributed by atoms with Crippen molar-refractivity contribution in [1.29, 1.82) is 0 Å². The maximum atomic E-state index is 13.2. The van der Waals surface area contributed by atoms with E-state index in [0.717, 1.165) is 95.5 Å². The van der Waals surface area contributed by atoms with Gasteiger partial charge in [0.15, 0.2) is 0 Å². The minimum Gasteiger partial charge on any atom is -0.371 e. The molecule has 3 amide bonds. The molecule has 5 aromatic rings. The summed E-state index contributed by atoms with van der Waals surface area (Å²) in [5.74, 6) is -0.832. The highest BCUT2D eigenvalue weighted by atomic mass is 35.5. The van der Waals surface area contributed by atoms with Crippen molar-refractivity contribution < 1.29 is 14.4 Å². The molecule has 2 saturated heterocycles. The number of piperidine rings is 2. The summed E-state index contributed by atoms with van der Waals surface area (Å²) < 4.78 is 3.81. The van der Waals surface area contributed by atoms with Crippen molar-refractivity contribution in [2.45, 2.75) is 64.1 Å². The van der Waals surface area contributed by atoms with Crippen molar-refractivity contribution in [2.75, 3.05) is 29.4 Å². The van der Waals surface area contributed by atoms with Crippen LogP contribution in [0, 0.1) is 6.92 Å². The van der Waals surface area contributed by atoms with Crippen LogP contribution in [0.2, 0.25) is 5.02 Å². The van der Waals surface area contributed by atoms with Gasteiger partial charge >= 0.3 is 0 Å². The lowest BCUT2D eigenvalue weighted by Gasteiger charge is -2.34. The minimum atomic E-state index is -0.616. The Bertz CT molecular complexity index is 2410. The van der Waals surface area contributed by atoms with Crippen LogP contribution in [0.15, 0.2) is 71.8 Å². The Morgan fingerprint density at radius 2 is 1.70 bits per heavy atom. The average Bonchev–Trinajstić information content (AvgIpc) is 3.78. The Balaban J connectivity index is 0.899. The van der Waals surface area contributed by atoms with Crippen LogP contribution in [0.3, 0.4) is 0 Å². The lowest BCUT2D eigenvalue weighted by Crippen LogP contribution is -2.52. The molecule has 53 heavy (non-hydrogen) atoms. The molecular weight excluding hydrogens is 690 g/mol. The van der Waals surface area contributed by atoms with E-state index in [1.807, 2.05) is 50.5 Å². The molecule has 4 aliphatic rings. The number of hydrogen-bond donors (Lipinski definition) is 1. The fourth-order valence-electron chi connectivity index (χ4n) is 8.77. The predicted molar refractivity (Wildman–Crippen MR) is 205 cm³/mol. The van der Waals surface area contributed by atoms with Crippen molar-refractivity contribution in [3.63, 3.8) is 0 Å². The fourth-order valence-corrected chi connectivity index (χ4v) is 9.04. The molecule has 6 heterocycles. The number of nitrogens with one attached hydrogen (secondary N) is 1. The molecule has 1 N–H and O–H groups in total. The first-order valence-electron chi connectivity index (χ1n) is 18.4. The summed E-state index contributed by atoms with van der Waals surface area (Å²) in [6.07, 6.45) is 8.43. The third-order valence-electron chi connectivity index (χ3n) is 11.6. The quantitative estimate of drug-likeness (QED) is 0.219. The Labute approximate surface area is 311 Å². The lowest BCUT2D eigenvalue weighted by atomic mass is 9.96. The summed E-state index contributed by atoms with van der Waals surface area (Å²) in [7, 11) is 1.83. The zero-order valence-electron chi connectivity index (χ0n) is 29.8. The van der Waals surface area contributed by atoms with Crippen LogP contribution in [-0.2, 0) is 29.6 Å². The topological polar surface area (TPSA) is 113 Å². The molecule has 9 rings (SSSR count). The summed E-state index contributed by atoms with van der Waals surface area (Å²) in [5.41, 5.74) is 9.66. The number of hydrogen-bond acceptors (Lipinski definition) is 7. The number of nitrogens with zero attached hydrogens (tertiary/aromatic N) is 6. The normalized spacial score (nSPS) is 19.2. The summed E-state index contributed by atoms with van der Waals surface area (Å²) in [6, 6.07) is 18.0. The van der Waals surface area contributed by atoms with Crippen LogP contribution in [0.25, 0.3) is 22.0 Å². The Morgan fingerprint density at radius 3 is 2.51 bits per heavy atom. The third kappa shape index (κ3) is 5.69. The van der Waals surface area contributed by atoms with E-state index in [1.165, 1.54) is 5.56 Å². The maximum absolute atomic E-state index is 13.2. The van der Waals surface area contributed by atoms with Gasteiger partial charge in [-0.25, -0.2) is 0 Å². The molecule has 11 nitrogen and oxygen atoms in total. The van der Waals surface area contributed by atoms with Gasteiger partial charge in [0.2, 0.25) is 11.8 Å². The molecule has 2 fully saturated rings. The van der Waals surface area contributed by atoms with E-state index in [0.29, 0.717) is 23.6 Å². The second-order valence-corrected chi connectivity index (χ2v) is 15.2. The number of imide groups is 1. The fraction of sp³-hybridized carbons (Fsp3) is 0.341. The molecule has 270 valence electrons. The molecule has 1 atom stereocenters. The summed E-state index contributed by atoms with van der Waals surface area (Å²) in [4.78, 5) is 56.2. The van der Waals surface area contributed by atoms with Crippen molar-refractivity contribution >= 4 is 57.3 Å². The van der Waals surface area contributed by atoms with E-state index in [2.05, 4.69) is 50.3 Å². The molecule has 4 aliphatic heterocycles. The Kier molecular flexibility index (Phi) is 8.14. The number of carbonyl (C=O) groups is 3. The molecule has 2 aromatic heterocycles. The minimum absolute atomic E-state index is 0.0203. The van der Waals surface area contributed by atoms with E-state index >= 15 is 0 Å². The van der Waals surface area contributed by atoms with Crippen molar-refractivity contribution in [1.82, 2.24) is 24.6 Å². The van der Waals surface area contributed by atoms with Crippen molar-refractivity contribution in [3.8, 4) is 11.1 Å². The highest BCUT2D eigenvalue weighted by Gasteiger charge is 2.39. The van der Waals surface area contributed by atoms with Crippen LogP contribution in [0.5, 0.6) is 0 Å². The molecule has 0 radical (unpaired) electrons. The molecule has 3 aromatic carbocycles. The molecule has 1 unspecified atom stereocenters. The number of fused-ring (bicyclic) bond motifs is 3. The van der Waals surface area contributed by atoms with Gasteiger partial charge in [-0.3, -0.25) is 29.2 Å². The number of benzene rings is 3. The van der Waals surface area contributed by atoms with Gasteiger partial charge < -0.3 is 19.3 Å². The number of carbonyl (C=O) groups excluding carboxylic acids is 3. The monoisotopic (exact) mass is 729 g/mol. The van der Waals surface area contributed by atoms with E-state index in [-0.39, 0.29) is 29.8 Å². The van der Waals surface area contributed by atoms with Crippen LogP contribution < -0.4 is 20.7 Å². The van der Waals surface area contributed by atoms with E-state index in [9.17, 15) is 19.2 Å². The number of anilines is 3. The van der Waals surface area contributed by atoms with Gasteiger partial charge in [-0.1, -0.05) is 17.7 Å². The number of amides is 3. The summed E-state index contributed by atoms with van der Waals surface area (Å²) in [6.45, 7) is 4.80. The average molecular weight is 730 g/mol. The molecule has 0 saturated carbocycles. The van der Waals surface area contributed by atoms with Gasteiger partial charge in [-0.15, -0.1) is 0 Å². The van der Waals surface area contributed by atoms with Crippen molar-refractivity contribution in [3.05, 3.63) is 105 Å². The van der Waals surface area contributed by atoms with Gasteiger partial charge in [0.05, 0.1) is 28.5 Å². The Morgan fingerprint density at radius 1 is 0.868 bits per heavy atom. The number of rotatable bonds is 5. The predicted octanol–water partition coefficient (Wildman–Crippen LogP) is 6.05. The first-order chi connectivity index (χ1) is 25.6. The zero-order chi connectivity index (χ0) is 36.5. The van der Waals surface area contributed by atoms with Crippen molar-refractivity contribution in [2.24, 2.45) is 7.05 Å². The van der Waals surface area contributed by atoms with Crippen LogP contribution in [0.1, 0.15) is 65.2 Å². The summed E-state index contributed by atoms with van der Waals surface area (Å²) >= 11 is 7.06. The highest BCUT2D eigenvalue weighted by Crippen LogP contribution is 2.42. The molecular formula is C41H40ClN7O4. The largest absolute Gasteiger partial charge is 0.371 e. The smallest absolute Gasteiger partial charge is 0.255 e. The molecule has 0 bridgehead atoms. The first-order valence-corrected chi connectivity index (χ1v) is 18.8. The number of halogens is 1. The van der Waals surface area contributed by atoms with Gasteiger partial charge in [-0.2, -0.15) is 5.10 Å². The molecule has 0 aliphatic carbocycles. The second-order valence-electron chi connectivity index (χ2n) is 14.8. The van der Waals surface area contributed by atoms with Gasteiger partial charge in [-0.05, 0) is 98.7 Å². The highest BCUT2D eigenvalue weighted by molar-refractivity contribution is 6.33. The van der Waals surface area contributed by atoms with Gasteiger partial charge in [0.1, 0.15) is 6.04 Å². The van der Waals surface area contributed by atoms with E-state index < -0.39 is 11.9 Å². The van der Waals surface area contributed by atoms with E-state index in [4.69, 9.17) is 16.7 Å². The molecule has 12 heteroatoms.